The normalized spacial score (nSPS) is 12.4. The molecule has 0 amide bonds. The lowest BCUT2D eigenvalue weighted by molar-refractivity contribution is 0.543. The fourth-order valence-corrected chi connectivity index (χ4v) is 3.57. The number of likely N-dealkylation sites (N-methyl/N-ethyl adjacent to an activating group) is 1. The summed E-state index contributed by atoms with van der Waals surface area (Å²) in [6, 6.07) is 11.4. The van der Waals surface area contributed by atoms with Crippen LogP contribution in [0.1, 0.15) is 24.1 Å². The van der Waals surface area contributed by atoms with Gasteiger partial charge < -0.3 is 5.32 Å². The van der Waals surface area contributed by atoms with Gasteiger partial charge in [0, 0.05) is 15.0 Å². The molecule has 0 radical (unpaired) electrons. The van der Waals surface area contributed by atoms with Gasteiger partial charge in [-0.1, -0.05) is 50.9 Å². The highest BCUT2D eigenvalue weighted by molar-refractivity contribution is 9.11. The third-order valence-corrected chi connectivity index (χ3v) is 5.34. The Morgan fingerprint density at radius 2 is 1.90 bits per heavy atom. The first-order chi connectivity index (χ1) is 10.0. The number of hydrogen-bond donors (Lipinski definition) is 1. The van der Waals surface area contributed by atoms with Crippen LogP contribution in [0.15, 0.2) is 49.8 Å². The van der Waals surface area contributed by atoms with Crippen molar-refractivity contribution in [1.29, 1.82) is 0 Å². The molecule has 2 rings (SSSR count). The quantitative estimate of drug-likeness (QED) is 0.554. The smallest absolute Gasteiger partial charge is 0.137 e. The Bertz CT molecular complexity index is 631. The predicted octanol–water partition coefficient (Wildman–Crippen LogP) is 6.01. The summed E-state index contributed by atoms with van der Waals surface area (Å²) in [5.74, 6) is -0.226. The zero-order valence-corrected chi connectivity index (χ0v) is 16.2. The lowest BCUT2D eigenvalue weighted by Crippen LogP contribution is -2.23. The maximum atomic E-state index is 13.7. The molecule has 1 N–H and O–H groups in total. The number of halogens is 4. The number of nitrogens with one attached hydrogen (secondary N) is 1. The van der Waals surface area contributed by atoms with E-state index in [1.165, 1.54) is 6.07 Å². The number of rotatable bonds is 5. The average molecular weight is 480 g/mol. The van der Waals surface area contributed by atoms with Gasteiger partial charge in [-0.05, 0) is 64.3 Å². The minimum atomic E-state index is -0.226. The third-order valence-electron chi connectivity index (χ3n) is 3.24. The van der Waals surface area contributed by atoms with E-state index in [0.29, 0.717) is 10.9 Å². The monoisotopic (exact) mass is 477 g/mol. The maximum absolute atomic E-state index is 13.7. The van der Waals surface area contributed by atoms with E-state index in [1.54, 1.807) is 6.07 Å². The summed E-state index contributed by atoms with van der Waals surface area (Å²) in [5.41, 5.74) is 2.11. The predicted molar refractivity (Wildman–Crippen MR) is 96.1 cm³/mol. The highest BCUT2D eigenvalue weighted by atomic mass is 79.9. The Labute approximate surface area is 149 Å². The first-order valence-electron chi connectivity index (χ1n) is 6.64. The molecule has 112 valence electrons. The van der Waals surface area contributed by atoms with Crippen LogP contribution in [0, 0.1) is 5.82 Å². The van der Waals surface area contributed by atoms with Crippen molar-refractivity contribution in [2.45, 2.75) is 19.4 Å². The molecule has 0 aromatic heterocycles. The molecule has 1 nitrogen and oxygen atoms in total. The van der Waals surface area contributed by atoms with E-state index < -0.39 is 0 Å². The van der Waals surface area contributed by atoms with Crippen LogP contribution in [0.25, 0.3) is 0 Å². The van der Waals surface area contributed by atoms with Crippen LogP contribution in [-0.2, 0) is 6.42 Å². The van der Waals surface area contributed by atoms with E-state index in [1.807, 2.05) is 18.2 Å². The van der Waals surface area contributed by atoms with E-state index in [-0.39, 0.29) is 11.9 Å². The van der Waals surface area contributed by atoms with Crippen LogP contribution in [-0.4, -0.2) is 6.54 Å². The van der Waals surface area contributed by atoms with Crippen molar-refractivity contribution in [3.05, 3.63) is 66.8 Å². The van der Waals surface area contributed by atoms with Crippen LogP contribution < -0.4 is 5.32 Å². The minimum Gasteiger partial charge on any atom is -0.310 e. The van der Waals surface area contributed by atoms with Gasteiger partial charge in [0.05, 0.1) is 4.47 Å². The van der Waals surface area contributed by atoms with Gasteiger partial charge in [0.1, 0.15) is 5.82 Å². The van der Waals surface area contributed by atoms with Crippen molar-refractivity contribution in [2.75, 3.05) is 6.54 Å². The molecule has 0 aliphatic rings. The lowest BCUT2D eigenvalue weighted by atomic mass is 9.98. The topological polar surface area (TPSA) is 12.0 Å². The summed E-state index contributed by atoms with van der Waals surface area (Å²) in [7, 11) is 0. The summed E-state index contributed by atoms with van der Waals surface area (Å²) in [6.07, 6.45) is 0.710. The van der Waals surface area contributed by atoms with Crippen molar-refractivity contribution in [3.63, 3.8) is 0 Å². The summed E-state index contributed by atoms with van der Waals surface area (Å²) >= 11 is 10.5. The van der Waals surface area contributed by atoms with Gasteiger partial charge in [-0.15, -0.1) is 0 Å². The largest absolute Gasteiger partial charge is 0.310 e. The van der Waals surface area contributed by atoms with Gasteiger partial charge in [0.2, 0.25) is 0 Å². The van der Waals surface area contributed by atoms with E-state index in [0.717, 1.165) is 26.6 Å². The molecule has 1 atom stereocenters. The molecule has 2 aromatic carbocycles. The average Bonchev–Trinajstić information content (AvgIpc) is 2.46. The van der Waals surface area contributed by atoms with Gasteiger partial charge in [0.15, 0.2) is 0 Å². The van der Waals surface area contributed by atoms with E-state index in [4.69, 9.17) is 0 Å². The van der Waals surface area contributed by atoms with Crippen LogP contribution in [0.4, 0.5) is 4.39 Å². The van der Waals surface area contributed by atoms with Gasteiger partial charge in [-0.3, -0.25) is 0 Å². The molecule has 0 aliphatic heterocycles. The molecular formula is C16H15Br3FN. The number of hydrogen-bond acceptors (Lipinski definition) is 1. The summed E-state index contributed by atoms with van der Waals surface area (Å²) in [6.45, 7) is 2.91. The van der Waals surface area contributed by atoms with Crippen molar-refractivity contribution in [2.24, 2.45) is 0 Å². The van der Waals surface area contributed by atoms with Gasteiger partial charge in [-0.25, -0.2) is 4.39 Å². The molecule has 2 aromatic rings. The van der Waals surface area contributed by atoms with Crippen molar-refractivity contribution in [3.8, 4) is 0 Å². The first-order valence-corrected chi connectivity index (χ1v) is 9.02. The molecule has 21 heavy (non-hydrogen) atoms. The minimum absolute atomic E-state index is 0.111. The van der Waals surface area contributed by atoms with Gasteiger partial charge in [0.25, 0.3) is 0 Å². The Hall–Kier alpha value is -0.230. The van der Waals surface area contributed by atoms with Crippen molar-refractivity contribution in [1.82, 2.24) is 5.32 Å². The highest BCUT2D eigenvalue weighted by Gasteiger charge is 2.17. The zero-order valence-electron chi connectivity index (χ0n) is 11.5. The standard InChI is InChI=1S/C16H15Br3FN/c1-2-21-15(12-9-11(17)6-7-13(12)18)8-10-4-3-5-14(20)16(10)19/h3-7,9,15,21H,2,8H2,1H3. The molecule has 0 heterocycles. The molecule has 0 bridgehead atoms. The summed E-state index contributed by atoms with van der Waals surface area (Å²) in [4.78, 5) is 0. The Balaban J connectivity index is 2.35. The molecule has 5 heteroatoms. The third kappa shape index (κ3) is 4.38. The van der Waals surface area contributed by atoms with Crippen molar-refractivity contribution >= 4 is 47.8 Å². The maximum Gasteiger partial charge on any atom is 0.137 e. The second-order valence-electron chi connectivity index (χ2n) is 4.69. The van der Waals surface area contributed by atoms with Gasteiger partial charge >= 0.3 is 0 Å². The molecule has 1 unspecified atom stereocenters. The second-order valence-corrected chi connectivity index (χ2v) is 7.26. The lowest BCUT2D eigenvalue weighted by Gasteiger charge is -2.21. The molecule has 0 saturated heterocycles. The Kier molecular flexibility index (Phi) is 6.41. The molecule has 0 spiro atoms. The van der Waals surface area contributed by atoms with Crippen LogP contribution >= 0.6 is 47.8 Å². The Morgan fingerprint density at radius 3 is 2.62 bits per heavy atom. The first kappa shape index (κ1) is 17.1. The molecule has 0 saturated carbocycles. The van der Waals surface area contributed by atoms with Crippen LogP contribution in [0.3, 0.4) is 0 Å². The van der Waals surface area contributed by atoms with Gasteiger partial charge in [-0.2, -0.15) is 0 Å². The summed E-state index contributed by atoms with van der Waals surface area (Å²) in [5, 5.41) is 3.47. The van der Waals surface area contributed by atoms with E-state index in [2.05, 4.69) is 66.1 Å². The fourth-order valence-electron chi connectivity index (χ4n) is 2.25. The molecule has 0 fully saturated rings. The summed E-state index contributed by atoms with van der Waals surface area (Å²) < 4.78 is 16.3. The van der Waals surface area contributed by atoms with E-state index >= 15 is 0 Å². The molecular weight excluding hydrogens is 465 g/mol. The van der Waals surface area contributed by atoms with Crippen LogP contribution in [0.2, 0.25) is 0 Å². The fraction of sp³-hybridized carbons (Fsp3) is 0.250. The SMILES string of the molecule is CCNC(Cc1cccc(F)c1Br)c1cc(Br)ccc1Br. The van der Waals surface area contributed by atoms with Crippen molar-refractivity contribution < 1.29 is 4.39 Å². The second kappa shape index (κ2) is 7.86. The zero-order chi connectivity index (χ0) is 15.4. The van der Waals surface area contributed by atoms with Crippen LogP contribution in [0.5, 0.6) is 0 Å². The van der Waals surface area contributed by atoms with E-state index in [9.17, 15) is 4.39 Å². The molecule has 0 aliphatic carbocycles. The number of benzene rings is 2. The Morgan fingerprint density at radius 1 is 1.14 bits per heavy atom. The highest BCUT2D eigenvalue weighted by Crippen LogP contribution is 2.31.